The lowest BCUT2D eigenvalue weighted by Gasteiger charge is -2.06. The van der Waals surface area contributed by atoms with E-state index in [0.29, 0.717) is 4.47 Å². The van der Waals surface area contributed by atoms with Crippen molar-refractivity contribution in [1.29, 1.82) is 0 Å². The predicted molar refractivity (Wildman–Crippen MR) is 75.0 cm³/mol. The number of rotatable bonds is 3. The van der Waals surface area contributed by atoms with Crippen LogP contribution in [-0.2, 0) is 17.7 Å². The summed E-state index contributed by atoms with van der Waals surface area (Å²) in [6.07, 6.45) is 0. The monoisotopic (exact) mass is 360 g/mol. The van der Waals surface area contributed by atoms with Gasteiger partial charge in [0.15, 0.2) is 0 Å². The highest BCUT2D eigenvalue weighted by atomic mass is 79.9. The minimum Gasteiger partial charge on any atom is -0.207 e. The van der Waals surface area contributed by atoms with E-state index in [2.05, 4.69) is 15.9 Å². The Morgan fingerprint density at radius 2 is 1.05 bits per heavy atom. The maximum absolute atomic E-state index is 12.2. The van der Waals surface area contributed by atoms with Crippen LogP contribution in [0.2, 0.25) is 0 Å². The van der Waals surface area contributed by atoms with Crippen molar-refractivity contribution >= 4 is 33.7 Å². The lowest BCUT2D eigenvalue weighted by molar-refractivity contribution is 0.582. The molecule has 2 rings (SSSR count). The maximum atomic E-state index is 12.2. The molecule has 0 saturated heterocycles. The van der Waals surface area contributed by atoms with E-state index >= 15 is 0 Å². The molecule has 0 aliphatic rings. The summed E-state index contributed by atoms with van der Waals surface area (Å²) in [5, 5.41) is 0. The van der Waals surface area contributed by atoms with Crippen molar-refractivity contribution in [3.05, 3.63) is 59.1 Å². The molecule has 4 nitrogen and oxygen atoms in total. The molecule has 0 amide bonds. The summed E-state index contributed by atoms with van der Waals surface area (Å²) in [5.74, 6) is 0. The van der Waals surface area contributed by atoms with Crippen LogP contribution in [0, 0.1) is 0 Å². The molecular weight excluding hydrogens is 352 g/mol. The van der Waals surface area contributed by atoms with E-state index in [0.717, 1.165) is 0 Å². The summed E-state index contributed by atoms with van der Waals surface area (Å²) in [7, 11) is -8.90. The lowest BCUT2D eigenvalue weighted by atomic mass is 10.4. The molecule has 0 radical (unpaired) electrons. The van der Waals surface area contributed by atoms with Crippen molar-refractivity contribution in [3.63, 3.8) is 0 Å². The molecule has 0 heterocycles. The van der Waals surface area contributed by atoms with E-state index in [4.69, 9.17) is 0 Å². The van der Waals surface area contributed by atoms with Gasteiger partial charge in [0.1, 0.15) is 0 Å². The lowest BCUT2D eigenvalue weighted by Crippen LogP contribution is -2.15. The van der Waals surface area contributed by atoms with Crippen LogP contribution in [0.15, 0.2) is 68.9 Å². The van der Waals surface area contributed by atoms with Crippen LogP contribution in [0.4, 0.5) is 0 Å². The standard InChI is InChI=1S/C12H9BrO4S2/c13-10-6-8-12(9-7-10)19(16,17)18(14,15)11-4-2-1-3-5-11/h1-9H. The van der Waals surface area contributed by atoms with Gasteiger partial charge in [-0.05, 0) is 36.4 Å². The maximum Gasteiger partial charge on any atom is 0.286 e. The first-order valence-corrected chi connectivity index (χ1v) is 9.44. The molecule has 2 aromatic rings. The van der Waals surface area contributed by atoms with Gasteiger partial charge in [0.25, 0.3) is 17.7 Å². The van der Waals surface area contributed by atoms with Gasteiger partial charge in [-0.15, -0.1) is 0 Å². The average molecular weight is 361 g/mol. The first-order chi connectivity index (χ1) is 8.85. The van der Waals surface area contributed by atoms with Gasteiger partial charge in [0.05, 0.1) is 9.79 Å². The van der Waals surface area contributed by atoms with Crippen molar-refractivity contribution in [3.8, 4) is 0 Å². The summed E-state index contributed by atoms with van der Waals surface area (Å²) >= 11 is 3.16. The van der Waals surface area contributed by atoms with E-state index in [1.807, 2.05) is 0 Å². The Hall–Kier alpha value is -1.18. The van der Waals surface area contributed by atoms with Gasteiger partial charge in [0.2, 0.25) is 0 Å². The zero-order valence-corrected chi connectivity index (χ0v) is 12.7. The van der Waals surface area contributed by atoms with Gasteiger partial charge in [-0.3, -0.25) is 0 Å². The van der Waals surface area contributed by atoms with Crippen molar-refractivity contribution in [1.82, 2.24) is 0 Å². The summed E-state index contributed by atoms with van der Waals surface area (Å²) < 4.78 is 49.3. The summed E-state index contributed by atoms with van der Waals surface area (Å²) in [4.78, 5) is -0.488. The third kappa shape index (κ3) is 2.58. The van der Waals surface area contributed by atoms with Crippen LogP contribution >= 0.6 is 15.9 Å². The largest absolute Gasteiger partial charge is 0.286 e. The highest BCUT2D eigenvalue weighted by molar-refractivity contribution is 9.10. The zero-order chi connectivity index (χ0) is 14.1. The third-order valence-corrected chi connectivity index (χ3v) is 8.12. The first kappa shape index (κ1) is 14.2. The van der Waals surface area contributed by atoms with Gasteiger partial charge in [-0.2, -0.15) is 0 Å². The Labute approximate surface area is 119 Å². The van der Waals surface area contributed by atoms with E-state index in [-0.39, 0.29) is 9.79 Å². The second-order valence-corrected chi connectivity index (χ2v) is 9.98. The minimum absolute atomic E-state index is 0.238. The highest BCUT2D eigenvalue weighted by Gasteiger charge is 2.33. The first-order valence-electron chi connectivity index (χ1n) is 5.16. The topological polar surface area (TPSA) is 68.3 Å². The highest BCUT2D eigenvalue weighted by Crippen LogP contribution is 2.25. The molecule has 0 fully saturated rings. The third-order valence-electron chi connectivity index (χ3n) is 2.42. The Balaban J connectivity index is 2.60. The van der Waals surface area contributed by atoms with Crippen LogP contribution in [0.5, 0.6) is 0 Å². The molecule has 0 aliphatic carbocycles. The molecule has 0 atom stereocenters. The van der Waals surface area contributed by atoms with Crippen LogP contribution in [-0.4, -0.2) is 16.8 Å². The molecule has 0 bridgehead atoms. The van der Waals surface area contributed by atoms with Gasteiger partial charge in [-0.1, -0.05) is 34.1 Å². The Bertz CT molecular complexity index is 779. The van der Waals surface area contributed by atoms with Crippen LogP contribution in [0.1, 0.15) is 0 Å². The SMILES string of the molecule is O=S(=O)(c1ccccc1)S(=O)(=O)c1ccc(Br)cc1. The number of halogens is 1. The molecule has 7 heteroatoms. The summed E-state index contributed by atoms with van der Waals surface area (Å²) in [6.45, 7) is 0. The molecule has 19 heavy (non-hydrogen) atoms. The second-order valence-electron chi connectivity index (χ2n) is 3.68. The molecule has 0 saturated carbocycles. The smallest absolute Gasteiger partial charge is 0.207 e. The number of hydrogen-bond donors (Lipinski definition) is 0. The van der Waals surface area contributed by atoms with Crippen molar-refractivity contribution in [2.24, 2.45) is 0 Å². The molecular formula is C12H9BrO4S2. The number of hydrogen-bond acceptors (Lipinski definition) is 4. The molecule has 0 aliphatic heterocycles. The van der Waals surface area contributed by atoms with E-state index in [1.165, 1.54) is 48.5 Å². The van der Waals surface area contributed by atoms with Crippen molar-refractivity contribution < 1.29 is 16.8 Å². The summed E-state index contributed by atoms with van der Waals surface area (Å²) in [5.41, 5.74) is 0. The van der Waals surface area contributed by atoms with Crippen molar-refractivity contribution in [2.45, 2.75) is 9.79 Å². The van der Waals surface area contributed by atoms with Gasteiger partial charge < -0.3 is 0 Å². The minimum atomic E-state index is -4.46. The normalized spacial score (nSPS) is 12.3. The fourth-order valence-electron chi connectivity index (χ4n) is 1.44. The van der Waals surface area contributed by atoms with Crippen LogP contribution < -0.4 is 0 Å². The quantitative estimate of drug-likeness (QED) is 0.789. The van der Waals surface area contributed by atoms with Gasteiger partial charge >= 0.3 is 0 Å². The van der Waals surface area contributed by atoms with E-state index in [1.54, 1.807) is 6.07 Å². The predicted octanol–water partition coefficient (Wildman–Crippen LogP) is 2.61. The molecule has 2 aromatic carbocycles. The number of benzene rings is 2. The fraction of sp³-hybridized carbons (Fsp3) is 0. The molecule has 100 valence electrons. The van der Waals surface area contributed by atoms with Crippen LogP contribution in [0.3, 0.4) is 0 Å². The molecule has 0 spiro atoms. The molecule has 0 aromatic heterocycles. The van der Waals surface area contributed by atoms with Crippen LogP contribution in [0.25, 0.3) is 0 Å². The zero-order valence-electron chi connectivity index (χ0n) is 9.52. The Morgan fingerprint density at radius 1 is 0.632 bits per heavy atom. The van der Waals surface area contributed by atoms with Gasteiger partial charge in [0, 0.05) is 4.47 Å². The average Bonchev–Trinajstić information content (AvgIpc) is 2.40. The van der Waals surface area contributed by atoms with E-state index in [9.17, 15) is 16.8 Å². The Kier molecular flexibility index (Phi) is 3.80. The molecule has 0 N–H and O–H groups in total. The Morgan fingerprint density at radius 3 is 1.53 bits per heavy atom. The second kappa shape index (κ2) is 5.07. The molecule has 0 unspecified atom stereocenters. The summed E-state index contributed by atoms with van der Waals surface area (Å²) in [6, 6.07) is 12.5. The van der Waals surface area contributed by atoms with Gasteiger partial charge in [-0.25, -0.2) is 16.8 Å². The van der Waals surface area contributed by atoms with E-state index < -0.39 is 17.7 Å². The van der Waals surface area contributed by atoms with Crippen molar-refractivity contribution in [2.75, 3.05) is 0 Å². The fourth-order valence-corrected chi connectivity index (χ4v) is 5.36.